The number of benzene rings is 1. The van der Waals surface area contributed by atoms with Crippen LogP contribution in [0.5, 0.6) is 0 Å². The Balaban J connectivity index is 1.91. The molecule has 0 saturated heterocycles. The molecule has 1 unspecified atom stereocenters. The Morgan fingerprint density at radius 3 is 2.68 bits per heavy atom. The van der Waals surface area contributed by atoms with Crippen LogP contribution in [-0.2, 0) is 14.4 Å². The van der Waals surface area contributed by atoms with Crippen molar-refractivity contribution in [2.45, 2.75) is 39.2 Å². The van der Waals surface area contributed by atoms with Gasteiger partial charge >= 0.3 is 5.97 Å². The van der Waals surface area contributed by atoms with Crippen molar-refractivity contribution in [1.82, 2.24) is 10.7 Å². The van der Waals surface area contributed by atoms with E-state index >= 15 is 0 Å². The molecule has 1 aliphatic heterocycles. The molecule has 0 bridgehead atoms. The van der Waals surface area contributed by atoms with Crippen LogP contribution >= 0.6 is 0 Å². The van der Waals surface area contributed by atoms with Gasteiger partial charge in [0.2, 0.25) is 0 Å². The van der Waals surface area contributed by atoms with E-state index in [2.05, 4.69) is 12.5 Å². The monoisotopic (exact) mass is 305 g/mol. The Hall–Kier alpha value is -2.05. The largest absolute Gasteiger partial charge is 0.464 e. The number of esters is 1. The molecule has 120 valence electrons. The second kappa shape index (κ2) is 8.41. The Bertz CT molecular complexity index is 493. The van der Waals surface area contributed by atoms with E-state index in [1.807, 2.05) is 41.5 Å². The molecule has 1 N–H and O–H groups in total. The van der Waals surface area contributed by atoms with Crippen LogP contribution in [0.4, 0.5) is 5.69 Å². The van der Waals surface area contributed by atoms with Gasteiger partial charge in [0, 0.05) is 6.20 Å². The fraction of sp³-hybridized carbons (Fsp3) is 0.438. The summed E-state index contributed by atoms with van der Waals surface area (Å²) >= 11 is 0. The molecule has 6 nitrogen and oxygen atoms in total. The lowest BCUT2D eigenvalue weighted by molar-refractivity contribution is -0.210. The van der Waals surface area contributed by atoms with Crippen molar-refractivity contribution in [1.29, 1.82) is 0 Å². The molecule has 1 atom stereocenters. The molecule has 1 aliphatic rings. The summed E-state index contributed by atoms with van der Waals surface area (Å²) in [4.78, 5) is 17.6. The van der Waals surface area contributed by atoms with Crippen LogP contribution < -0.4 is 10.5 Å². The lowest BCUT2D eigenvalue weighted by Gasteiger charge is -2.25. The van der Waals surface area contributed by atoms with E-state index in [0.29, 0.717) is 13.0 Å². The summed E-state index contributed by atoms with van der Waals surface area (Å²) < 4.78 is 5.07. The summed E-state index contributed by atoms with van der Waals surface area (Å²) in [6, 6.07) is 9.81. The summed E-state index contributed by atoms with van der Waals surface area (Å²) in [5.41, 5.74) is 4.01. The third kappa shape index (κ3) is 4.47. The van der Waals surface area contributed by atoms with E-state index in [-0.39, 0.29) is 5.97 Å². The van der Waals surface area contributed by atoms with E-state index in [4.69, 9.17) is 9.57 Å². The number of nitrogens with one attached hydrogen (secondary N) is 1. The number of ether oxygens (including phenoxy) is 1. The fourth-order valence-electron chi connectivity index (χ4n) is 2.07. The number of unbranched alkanes of at least 4 members (excludes halogenated alkanes) is 1. The molecule has 6 heteroatoms. The molecule has 0 radical (unpaired) electrons. The maximum atomic E-state index is 11.9. The first-order chi connectivity index (χ1) is 10.7. The van der Waals surface area contributed by atoms with Crippen LogP contribution in [0, 0.1) is 0 Å². The molecule has 0 saturated carbocycles. The summed E-state index contributed by atoms with van der Waals surface area (Å²) in [5, 5.41) is 3.24. The van der Waals surface area contributed by atoms with Crippen LogP contribution in [0.15, 0.2) is 42.7 Å². The van der Waals surface area contributed by atoms with E-state index in [1.54, 1.807) is 13.1 Å². The number of hydrogen-bond donors (Lipinski definition) is 1. The van der Waals surface area contributed by atoms with Gasteiger partial charge in [0.15, 0.2) is 6.10 Å². The van der Waals surface area contributed by atoms with E-state index < -0.39 is 6.10 Å². The average molecular weight is 305 g/mol. The lowest BCUT2D eigenvalue weighted by Crippen LogP contribution is -2.43. The van der Waals surface area contributed by atoms with Gasteiger partial charge in [-0.3, -0.25) is 5.01 Å². The van der Waals surface area contributed by atoms with Crippen LogP contribution in [0.1, 0.15) is 33.1 Å². The molecular weight excluding hydrogens is 282 g/mol. The fourth-order valence-corrected chi connectivity index (χ4v) is 2.07. The average Bonchev–Trinajstić information content (AvgIpc) is 3.01. The van der Waals surface area contributed by atoms with Crippen molar-refractivity contribution in [3.05, 3.63) is 42.7 Å². The molecule has 2 rings (SSSR count). The predicted octanol–water partition coefficient (Wildman–Crippen LogP) is 2.75. The standard InChI is InChI=1S/C16H23N3O3/c1-3-5-11-15(16(20)21-4-2)22-19-13-12-18(17-19)14-9-7-6-8-10-14/h6-10,12-13,15,17H,3-5,11H2,1-2H3. The zero-order chi connectivity index (χ0) is 15.8. The first-order valence-corrected chi connectivity index (χ1v) is 7.66. The van der Waals surface area contributed by atoms with Crippen LogP contribution in [0.25, 0.3) is 0 Å². The Labute approximate surface area is 131 Å². The number of hydroxylamine groups is 1. The number of para-hydroxylation sites is 1. The number of anilines is 1. The Kier molecular flexibility index (Phi) is 6.24. The summed E-state index contributed by atoms with van der Waals surface area (Å²) in [7, 11) is 0. The van der Waals surface area contributed by atoms with Crippen molar-refractivity contribution >= 4 is 11.7 Å². The van der Waals surface area contributed by atoms with E-state index in [9.17, 15) is 4.79 Å². The molecule has 0 spiro atoms. The van der Waals surface area contributed by atoms with Crippen LogP contribution in [-0.4, -0.2) is 23.9 Å². The zero-order valence-electron chi connectivity index (χ0n) is 13.1. The smallest absolute Gasteiger partial charge is 0.338 e. The van der Waals surface area contributed by atoms with Gasteiger partial charge in [0.05, 0.1) is 18.5 Å². The van der Waals surface area contributed by atoms with Crippen molar-refractivity contribution in [2.75, 3.05) is 11.6 Å². The van der Waals surface area contributed by atoms with Crippen LogP contribution in [0.3, 0.4) is 0 Å². The van der Waals surface area contributed by atoms with Gasteiger partial charge in [-0.15, -0.1) is 5.53 Å². The van der Waals surface area contributed by atoms with Crippen LogP contribution in [0.2, 0.25) is 0 Å². The van der Waals surface area contributed by atoms with Crippen molar-refractivity contribution < 1.29 is 14.4 Å². The van der Waals surface area contributed by atoms with Gasteiger partial charge in [0.1, 0.15) is 0 Å². The van der Waals surface area contributed by atoms with Crippen molar-refractivity contribution in [3.63, 3.8) is 0 Å². The number of nitrogens with zero attached hydrogens (tertiary/aromatic N) is 2. The third-order valence-corrected chi connectivity index (χ3v) is 3.20. The molecule has 22 heavy (non-hydrogen) atoms. The van der Waals surface area contributed by atoms with Crippen molar-refractivity contribution in [2.24, 2.45) is 0 Å². The molecule has 1 heterocycles. The maximum absolute atomic E-state index is 11.9. The van der Waals surface area contributed by atoms with Gasteiger partial charge in [-0.1, -0.05) is 38.0 Å². The van der Waals surface area contributed by atoms with Crippen molar-refractivity contribution in [3.8, 4) is 0 Å². The minimum atomic E-state index is -0.604. The number of rotatable bonds is 8. The highest BCUT2D eigenvalue weighted by atomic mass is 16.7. The number of carbonyl (C=O) groups excluding carboxylic acids is 1. The summed E-state index contributed by atoms with van der Waals surface area (Å²) in [6.45, 7) is 4.22. The van der Waals surface area contributed by atoms with Gasteiger partial charge in [-0.25, -0.2) is 9.63 Å². The minimum absolute atomic E-state index is 0.329. The number of hydrogen-bond acceptors (Lipinski definition) is 6. The first kappa shape index (κ1) is 16.3. The predicted molar refractivity (Wildman–Crippen MR) is 84.1 cm³/mol. The number of carbonyl (C=O) groups is 1. The number of hydrazine groups is 2. The quantitative estimate of drug-likeness (QED) is 0.745. The molecule has 0 aromatic heterocycles. The second-order valence-electron chi connectivity index (χ2n) is 4.92. The Morgan fingerprint density at radius 2 is 2.00 bits per heavy atom. The summed E-state index contributed by atoms with van der Waals surface area (Å²) in [5.74, 6) is -0.329. The maximum Gasteiger partial charge on any atom is 0.338 e. The highest BCUT2D eigenvalue weighted by Crippen LogP contribution is 2.17. The van der Waals surface area contributed by atoms with Gasteiger partial charge in [0.25, 0.3) is 0 Å². The molecule has 0 fully saturated rings. The first-order valence-electron chi connectivity index (χ1n) is 7.66. The summed E-state index contributed by atoms with van der Waals surface area (Å²) in [6.07, 6.45) is 5.49. The molecule has 0 amide bonds. The Morgan fingerprint density at radius 1 is 1.23 bits per heavy atom. The molecular formula is C16H23N3O3. The highest BCUT2D eigenvalue weighted by molar-refractivity contribution is 5.74. The third-order valence-electron chi connectivity index (χ3n) is 3.20. The molecule has 1 aromatic rings. The highest BCUT2D eigenvalue weighted by Gasteiger charge is 2.25. The topological polar surface area (TPSA) is 54.0 Å². The second-order valence-corrected chi connectivity index (χ2v) is 4.92. The molecule has 0 aliphatic carbocycles. The molecule has 1 aromatic carbocycles. The minimum Gasteiger partial charge on any atom is -0.464 e. The van der Waals surface area contributed by atoms with E-state index in [0.717, 1.165) is 18.5 Å². The van der Waals surface area contributed by atoms with Gasteiger partial charge < -0.3 is 4.74 Å². The van der Waals surface area contributed by atoms with Gasteiger partial charge in [-0.05, 0) is 25.5 Å². The lowest BCUT2D eigenvalue weighted by atomic mass is 10.2. The van der Waals surface area contributed by atoms with E-state index in [1.165, 1.54) is 5.17 Å². The van der Waals surface area contributed by atoms with Gasteiger partial charge in [-0.2, -0.15) is 5.17 Å². The normalized spacial score (nSPS) is 15.2. The zero-order valence-corrected chi connectivity index (χ0v) is 13.1. The SMILES string of the molecule is CCCCC(ON1C=CN(c2ccccc2)N1)C(=O)OCC.